The zero-order valence-electron chi connectivity index (χ0n) is 11.5. The molecule has 0 bridgehead atoms. The fraction of sp³-hybridized carbons (Fsp3) is 0.438. The van der Waals surface area contributed by atoms with Crippen molar-refractivity contribution in [2.75, 3.05) is 7.11 Å². The molecule has 0 amide bonds. The molecule has 1 saturated carbocycles. The second-order valence-electron chi connectivity index (χ2n) is 5.39. The molecule has 0 atom stereocenters. The first-order chi connectivity index (χ1) is 9.24. The largest absolute Gasteiger partial charge is 0.381 e. The van der Waals surface area contributed by atoms with Crippen LogP contribution in [0.1, 0.15) is 24.1 Å². The fourth-order valence-electron chi connectivity index (χ4n) is 2.57. The number of nitrogens with zero attached hydrogens (tertiary/aromatic N) is 1. The van der Waals surface area contributed by atoms with Crippen molar-refractivity contribution in [2.45, 2.75) is 38.5 Å². The number of benzene rings is 1. The van der Waals surface area contributed by atoms with Gasteiger partial charge in [-0.25, -0.2) is 0 Å². The molecule has 1 fully saturated rings. The number of nitrogens with one attached hydrogen (secondary N) is 1. The number of hydrogen-bond acceptors (Lipinski definition) is 3. The molecule has 1 heterocycles. The van der Waals surface area contributed by atoms with Crippen molar-refractivity contribution in [3.63, 3.8) is 0 Å². The van der Waals surface area contributed by atoms with Crippen LogP contribution in [0.5, 0.6) is 0 Å². The standard InChI is InChI=1S/C16H20N2O/c1-11-3-5-13-7-12(4-6-16(13)18-11)10-17-14-8-15(9-14)19-2/h3-7,14-15,17H,8-10H2,1-2H3. The van der Waals surface area contributed by atoms with Crippen LogP contribution < -0.4 is 5.32 Å². The lowest BCUT2D eigenvalue weighted by Crippen LogP contribution is -2.44. The Hall–Kier alpha value is -1.45. The van der Waals surface area contributed by atoms with E-state index in [4.69, 9.17) is 4.74 Å². The second-order valence-corrected chi connectivity index (χ2v) is 5.39. The highest BCUT2D eigenvalue weighted by Crippen LogP contribution is 2.23. The number of methoxy groups -OCH3 is 1. The Morgan fingerprint density at radius 1 is 1.26 bits per heavy atom. The summed E-state index contributed by atoms with van der Waals surface area (Å²) in [5, 5.41) is 4.79. The molecule has 2 aromatic rings. The first-order valence-corrected chi connectivity index (χ1v) is 6.87. The van der Waals surface area contributed by atoms with Gasteiger partial charge in [0.05, 0.1) is 11.6 Å². The zero-order chi connectivity index (χ0) is 13.2. The Balaban J connectivity index is 1.64. The lowest BCUT2D eigenvalue weighted by molar-refractivity contribution is 0.0170. The van der Waals surface area contributed by atoms with Gasteiger partial charge in [-0.05, 0) is 43.5 Å². The molecular formula is C16H20N2O. The average molecular weight is 256 g/mol. The quantitative estimate of drug-likeness (QED) is 0.913. The summed E-state index contributed by atoms with van der Waals surface area (Å²) >= 11 is 0. The van der Waals surface area contributed by atoms with E-state index in [1.165, 1.54) is 10.9 Å². The maximum absolute atomic E-state index is 5.29. The minimum Gasteiger partial charge on any atom is -0.381 e. The molecule has 1 aliphatic carbocycles. The van der Waals surface area contributed by atoms with Crippen molar-refractivity contribution in [1.29, 1.82) is 0 Å². The molecule has 0 saturated heterocycles. The fourth-order valence-corrected chi connectivity index (χ4v) is 2.57. The minimum absolute atomic E-state index is 0.460. The summed E-state index contributed by atoms with van der Waals surface area (Å²) in [6.45, 7) is 2.95. The summed E-state index contributed by atoms with van der Waals surface area (Å²) in [6, 6.07) is 11.3. The van der Waals surface area contributed by atoms with Gasteiger partial charge in [0.25, 0.3) is 0 Å². The Kier molecular flexibility index (Phi) is 3.49. The predicted molar refractivity (Wildman–Crippen MR) is 77.1 cm³/mol. The SMILES string of the molecule is COC1CC(NCc2ccc3nc(C)ccc3c2)C1. The van der Waals surface area contributed by atoms with E-state index in [1.54, 1.807) is 7.11 Å². The van der Waals surface area contributed by atoms with Gasteiger partial charge >= 0.3 is 0 Å². The van der Waals surface area contributed by atoms with Crippen LogP contribution in [0.2, 0.25) is 0 Å². The molecular weight excluding hydrogens is 236 g/mol. The molecule has 1 aromatic heterocycles. The number of hydrogen-bond donors (Lipinski definition) is 1. The lowest BCUT2D eigenvalue weighted by Gasteiger charge is -2.34. The molecule has 3 nitrogen and oxygen atoms in total. The molecule has 3 rings (SSSR count). The number of aryl methyl sites for hydroxylation is 1. The topological polar surface area (TPSA) is 34.1 Å². The van der Waals surface area contributed by atoms with Gasteiger partial charge < -0.3 is 10.1 Å². The van der Waals surface area contributed by atoms with E-state index in [1.807, 2.05) is 6.92 Å². The molecule has 0 spiro atoms. The van der Waals surface area contributed by atoms with Crippen molar-refractivity contribution < 1.29 is 4.74 Å². The minimum atomic E-state index is 0.460. The number of aromatic nitrogens is 1. The van der Waals surface area contributed by atoms with Crippen molar-refractivity contribution in [3.8, 4) is 0 Å². The van der Waals surface area contributed by atoms with Gasteiger partial charge in [0.1, 0.15) is 0 Å². The van der Waals surface area contributed by atoms with Gasteiger partial charge in [-0.3, -0.25) is 4.98 Å². The molecule has 3 heteroatoms. The third-order valence-corrected chi connectivity index (χ3v) is 3.92. The summed E-state index contributed by atoms with van der Waals surface area (Å²) in [5.74, 6) is 0. The molecule has 1 N–H and O–H groups in total. The molecule has 0 unspecified atom stereocenters. The summed E-state index contributed by atoms with van der Waals surface area (Å²) in [5.41, 5.74) is 3.46. The van der Waals surface area contributed by atoms with Crippen LogP contribution in [0, 0.1) is 6.92 Å². The van der Waals surface area contributed by atoms with Crippen LogP contribution in [-0.2, 0) is 11.3 Å². The monoisotopic (exact) mass is 256 g/mol. The highest BCUT2D eigenvalue weighted by atomic mass is 16.5. The number of ether oxygens (including phenoxy) is 1. The van der Waals surface area contributed by atoms with Crippen LogP contribution in [0.15, 0.2) is 30.3 Å². The smallest absolute Gasteiger partial charge is 0.0705 e. The zero-order valence-corrected chi connectivity index (χ0v) is 11.5. The Morgan fingerprint density at radius 3 is 2.89 bits per heavy atom. The molecule has 0 aliphatic heterocycles. The molecule has 0 radical (unpaired) electrons. The third kappa shape index (κ3) is 2.77. The highest BCUT2D eigenvalue weighted by molar-refractivity contribution is 5.79. The number of rotatable bonds is 4. The van der Waals surface area contributed by atoms with Crippen LogP contribution in [0.4, 0.5) is 0 Å². The first kappa shape index (κ1) is 12.6. The summed E-state index contributed by atoms with van der Waals surface area (Å²) < 4.78 is 5.29. The molecule has 1 aliphatic rings. The third-order valence-electron chi connectivity index (χ3n) is 3.92. The van der Waals surface area contributed by atoms with Gasteiger partial charge in [-0.15, -0.1) is 0 Å². The average Bonchev–Trinajstić information content (AvgIpc) is 2.37. The highest BCUT2D eigenvalue weighted by Gasteiger charge is 2.28. The van der Waals surface area contributed by atoms with E-state index in [-0.39, 0.29) is 0 Å². The van der Waals surface area contributed by atoms with E-state index in [9.17, 15) is 0 Å². The van der Waals surface area contributed by atoms with Crippen molar-refractivity contribution in [3.05, 3.63) is 41.6 Å². The van der Waals surface area contributed by atoms with Crippen molar-refractivity contribution in [2.24, 2.45) is 0 Å². The van der Waals surface area contributed by atoms with E-state index in [2.05, 4.69) is 40.6 Å². The van der Waals surface area contributed by atoms with Crippen LogP contribution in [-0.4, -0.2) is 24.2 Å². The van der Waals surface area contributed by atoms with E-state index in [0.717, 1.165) is 30.6 Å². The van der Waals surface area contributed by atoms with Crippen molar-refractivity contribution in [1.82, 2.24) is 10.3 Å². The van der Waals surface area contributed by atoms with E-state index in [0.29, 0.717) is 12.1 Å². The van der Waals surface area contributed by atoms with Gasteiger partial charge in [0, 0.05) is 30.8 Å². The molecule has 100 valence electrons. The summed E-state index contributed by atoms with van der Waals surface area (Å²) in [6.07, 6.45) is 2.72. The number of fused-ring (bicyclic) bond motifs is 1. The summed E-state index contributed by atoms with van der Waals surface area (Å²) in [7, 11) is 1.79. The Morgan fingerprint density at radius 2 is 2.11 bits per heavy atom. The van der Waals surface area contributed by atoms with Crippen LogP contribution in [0.3, 0.4) is 0 Å². The van der Waals surface area contributed by atoms with Gasteiger partial charge in [0.2, 0.25) is 0 Å². The number of pyridine rings is 1. The van der Waals surface area contributed by atoms with Gasteiger partial charge in [0.15, 0.2) is 0 Å². The molecule has 1 aromatic carbocycles. The van der Waals surface area contributed by atoms with Crippen molar-refractivity contribution >= 4 is 10.9 Å². The van der Waals surface area contributed by atoms with Gasteiger partial charge in [-0.1, -0.05) is 12.1 Å². The Bertz CT molecular complexity index is 576. The molecule has 19 heavy (non-hydrogen) atoms. The maximum atomic E-state index is 5.29. The second kappa shape index (κ2) is 5.27. The van der Waals surface area contributed by atoms with Crippen LogP contribution in [0.25, 0.3) is 10.9 Å². The summed E-state index contributed by atoms with van der Waals surface area (Å²) in [4.78, 5) is 4.52. The maximum Gasteiger partial charge on any atom is 0.0705 e. The van der Waals surface area contributed by atoms with Crippen LogP contribution >= 0.6 is 0 Å². The first-order valence-electron chi connectivity index (χ1n) is 6.87. The Labute approximate surface area is 114 Å². The van der Waals surface area contributed by atoms with Gasteiger partial charge in [-0.2, -0.15) is 0 Å². The lowest BCUT2D eigenvalue weighted by atomic mass is 9.89. The van der Waals surface area contributed by atoms with E-state index < -0.39 is 0 Å². The van der Waals surface area contributed by atoms with E-state index >= 15 is 0 Å². The normalized spacial score (nSPS) is 22.4. The predicted octanol–water partition coefficient (Wildman–Crippen LogP) is 2.81.